The van der Waals surface area contributed by atoms with Crippen molar-refractivity contribution in [2.75, 3.05) is 0 Å². The number of benzene rings is 1. The molecule has 24 heavy (non-hydrogen) atoms. The van der Waals surface area contributed by atoms with Crippen molar-refractivity contribution >= 4 is 18.4 Å². The Hall–Kier alpha value is -2.48. The predicted octanol–water partition coefficient (Wildman–Crippen LogP) is 3.69. The molecule has 2 rings (SSSR count). The fourth-order valence-electron chi connectivity index (χ4n) is 1.78. The molecule has 1 aromatic heterocycles. The lowest BCUT2D eigenvalue weighted by molar-refractivity contribution is -0.231. The maximum atomic E-state index is 12.9. The summed E-state index contributed by atoms with van der Waals surface area (Å²) in [4.78, 5) is 15.2. The van der Waals surface area contributed by atoms with Gasteiger partial charge in [0.25, 0.3) is 0 Å². The first-order chi connectivity index (χ1) is 10.8. The van der Waals surface area contributed by atoms with E-state index in [1.807, 2.05) is 0 Å². The highest BCUT2D eigenvalue weighted by molar-refractivity contribution is 5.85. The van der Waals surface area contributed by atoms with Gasteiger partial charge in [-0.2, -0.15) is 13.2 Å². The minimum absolute atomic E-state index is 0. The van der Waals surface area contributed by atoms with Crippen LogP contribution in [0.25, 0.3) is 0 Å². The molecule has 0 saturated carbocycles. The van der Waals surface area contributed by atoms with Crippen LogP contribution >= 0.6 is 12.4 Å². The van der Waals surface area contributed by atoms with Gasteiger partial charge in [-0.3, -0.25) is 0 Å². The van der Waals surface area contributed by atoms with Gasteiger partial charge in [0.2, 0.25) is 5.88 Å². The third kappa shape index (κ3) is 5.31. The van der Waals surface area contributed by atoms with Crippen molar-refractivity contribution in [3.05, 3.63) is 54.7 Å². The minimum Gasteiger partial charge on any atom is -0.475 e. The molecule has 1 unspecified atom stereocenters. The van der Waals surface area contributed by atoms with Gasteiger partial charge in [0.1, 0.15) is 12.2 Å². The Balaban J connectivity index is 0.00000288. The largest absolute Gasteiger partial charge is 0.475 e. The first-order valence-electron chi connectivity index (χ1n) is 6.45. The molecule has 0 bridgehead atoms. The van der Waals surface area contributed by atoms with E-state index >= 15 is 0 Å². The second kappa shape index (κ2) is 7.87. The number of carboxylic acid groups (broad SMARTS) is 1. The van der Waals surface area contributed by atoms with Gasteiger partial charge in [-0.15, -0.1) is 12.4 Å². The highest BCUT2D eigenvalue weighted by atomic mass is 35.5. The SMILES string of the molecule is Cl.O=C(O)C(CC(F)(F)F)(Oc1ccccc1)Oc1ccccn1. The van der Waals surface area contributed by atoms with E-state index in [2.05, 4.69) is 4.98 Å². The lowest BCUT2D eigenvalue weighted by Crippen LogP contribution is -2.53. The van der Waals surface area contributed by atoms with Crippen LogP contribution in [-0.4, -0.2) is 28.0 Å². The van der Waals surface area contributed by atoms with Crippen LogP contribution in [0.4, 0.5) is 13.2 Å². The quantitative estimate of drug-likeness (QED) is 0.793. The molecule has 1 aromatic carbocycles. The number of rotatable bonds is 6. The maximum Gasteiger partial charge on any atom is 0.397 e. The normalized spacial score (nSPS) is 13.3. The highest BCUT2D eigenvalue weighted by Gasteiger charge is 2.53. The van der Waals surface area contributed by atoms with Crippen molar-refractivity contribution in [3.8, 4) is 11.6 Å². The Morgan fingerprint density at radius 2 is 1.67 bits per heavy atom. The molecule has 0 amide bonds. The summed E-state index contributed by atoms with van der Waals surface area (Å²) in [5.74, 6) is -5.26. The van der Waals surface area contributed by atoms with E-state index in [4.69, 9.17) is 9.47 Å². The lowest BCUT2D eigenvalue weighted by Gasteiger charge is -2.30. The number of carbonyl (C=O) groups is 1. The van der Waals surface area contributed by atoms with Crippen LogP contribution in [0.15, 0.2) is 54.7 Å². The van der Waals surface area contributed by atoms with Crippen molar-refractivity contribution < 1.29 is 32.5 Å². The van der Waals surface area contributed by atoms with Crippen LogP contribution in [0.2, 0.25) is 0 Å². The van der Waals surface area contributed by atoms with Gasteiger partial charge in [-0.1, -0.05) is 24.3 Å². The van der Waals surface area contributed by atoms with E-state index in [1.165, 1.54) is 48.7 Å². The maximum absolute atomic E-state index is 12.9. The second-order valence-electron chi connectivity index (χ2n) is 4.54. The number of alkyl halides is 3. The molecule has 0 radical (unpaired) electrons. The van der Waals surface area contributed by atoms with Gasteiger partial charge in [0.15, 0.2) is 0 Å². The molecule has 1 heterocycles. The second-order valence-corrected chi connectivity index (χ2v) is 4.54. The number of ether oxygens (including phenoxy) is 2. The molecular weight excluding hydrogens is 351 g/mol. The van der Waals surface area contributed by atoms with Crippen molar-refractivity contribution in [1.82, 2.24) is 4.98 Å². The zero-order chi connectivity index (χ0) is 16.9. The summed E-state index contributed by atoms with van der Waals surface area (Å²) in [5, 5.41) is 9.33. The summed E-state index contributed by atoms with van der Waals surface area (Å²) < 4.78 is 48.7. The summed E-state index contributed by atoms with van der Waals surface area (Å²) in [5.41, 5.74) is 0. The molecule has 5 nitrogen and oxygen atoms in total. The van der Waals surface area contributed by atoms with E-state index in [0.29, 0.717) is 0 Å². The minimum atomic E-state index is -4.83. The number of hydrogen-bond donors (Lipinski definition) is 1. The van der Waals surface area contributed by atoms with Crippen molar-refractivity contribution in [1.29, 1.82) is 0 Å². The Morgan fingerprint density at radius 3 is 2.17 bits per heavy atom. The summed E-state index contributed by atoms with van der Waals surface area (Å²) in [6, 6.07) is 11.5. The van der Waals surface area contributed by atoms with Gasteiger partial charge in [-0.05, 0) is 18.2 Å². The van der Waals surface area contributed by atoms with Gasteiger partial charge >= 0.3 is 17.9 Å². The third-order valence-electron chi connectivity index (χ3n) is 2.69. The Bertz CT molecular complexity index is 611. The van der Waals surface area contributed by atoms with Gasteiger partial charge in [0.05, 0.1) is 0 Å². The number of nitrogens with zero attached hydrogens (tertiary/aromatic N) is 1. The molecule has 0 aliphatic rings. The monoisotopic (exact) mass is 363 g/mol. The molecular formula is C15H13ClF3NO4. The van der Waals surface area contributed by atoms with Crippen LogP contribution in [0.5, 0.6) is 11.6 Å². The molecule has 1 N–H and O–H groups in total. The van der Waals surface area contributed by atoms with Crippen LogP contribution in [-0.2, 0) is 4.79 Å². The van der Waals surface area contributed by atoms with Crippen molar-refractivity contribution in [2.45, 2.75) is 18.4 Å². The first kappa shape index (κ1) is 19.6. The molecule has 0 aliphatic carbocycles. The number of hydrogen-bond acceptors (Lipinski definition) is 4. The van der Waals surface area contributed by atoms with Gasteiger partial charge in [-0.25, -0.2) is 9.78 Å². The van der Waals surface area contributed by atoms with E-state index in [-0.39, 0.29) is 24.0 Å². The molecule has 0 aliphatic heterocycles. The Kier molecular flexibility index (Phi) is 6.42. The number of aromatic nitrogens is 1. The predicted molar refractivity (Wildman–Crippen MR) is 80.2 cm³/mol. The fourth-order valence-corrected chi connectivity index (χ4v) is 1.78. The average molecular weight is 364 g/mol. The summed E-state index contributed by atoms with van der Waals surface area (Å²) in [7, 11) is 0. The van der Waals surface area contributed by atoms with E-state index in [0.717, 1.165) is 0 Å². The van der Waals surface area contributed by atoms with E-state index < -0.39 is 24.4 Å². The molecule has 0 spiro atoms. The lowest BCUT2D eigenvalue weighted by atomic mass is 10.1. The number of aliphatic carboxylic acids is 1. The van der Waals surface area contributed by atoms with Crippen LogP contribution < -0.4 is 9.47 Å². The fraction of sp³-hybridized carbons (Fsp3) is 0.200. The third-order valence-corrected chi connectivity index (χ3v) is 2.69. The topological polar surface area (TPSA) is 68.7 Å². The summed E-state index contributed by atoms with van der Waals surface area (Å²) in [6.45, 7) is 0. The summed E-state index contributed by atoms with van der Waals surface area (Å²) >= 11 is 0. The zero-order valence-corrected chi connectivity index (χ0v) is 12.9. The van der Waals surface area contributed by atoms with Crippen LogP contribution in [0.1, 0.15) is 6.42 Å². The average Bonchev–Trinajstić information content (AvgIpc) is 2.47. The zero-order valence-electron chi connectivity index (χ0n) is 12.1. The Morgan fingerprint density at radius 1 is 1.04 bits per heavy atom. The number of para-hydroxylation sites is 1. The standard InChI is InChI=1S/C15H12F3NO4.ClH/c16-15(17,18)10-14(13(20)21,22-11-6-2-1-3-7-11)23-12-8-4-5-9-19-12;/h1-9H,10H2,(H,20,21);1H. The molecule has 0 saturated heterocycles. The van der Waals surface area contributed by atoms with Gasteiger partial charge in [0, 0.05) is 12.3 Å². The van der Waals surface area contributed by atoms with E-state index in [1.54, 1.807) is 6.07 Å². The van der Waals surface area contributed by atoms with Gasteiger partial charge < -0.3 is 14.6 Å². The molecule has 2 aromatic rings. The van der Waals surface area contributed by atoms with Crippen molar-refractivity contribution in [2.24, 2.45) is 0 Å². The van der Waals surface area contributed by atoms with E-state index in [9.17, 15) is 23.1 Å². The molecule has 1 atom stereocenters. The Labute approximate surface area is 141 Å². The van der Waals surface area contributed by atoms with Crippen LogP contribution in [0.3, 0.4) is 0 Å². The molecule has 130 valence electrons. The highest BCUT2D eigenvalue weighted by Crippen LogP contribution is 2.33. The number of halogens is 4. The number of pyridine rings is 1. The summed E-state index contributed by atoms with van der Waals surface area (Å²) in [6.07, 6.45) is -5.42. The first-order valence-corrected chi connectivity index (χ1v) is 6.45. The molecule has 9 heteroatoms. The smallest absolute Gasteiger partial charge is 0.397 e. The van der Waals surface area contributed by atoms with Crippen molar-refractivity contribution in [3.63, 3.8) is 0 Å². The molecule has 0 fully saturated rings. The number of carboxylic acids is 1. The van der Waals surface area contributed by atoms with Crippen LogP contribution in [0, 0.1) is 0 Å².